The monoisotopic (exact) mass is 416 g/mol. The van der Waals surface area contributed by atoms with Crippen LogP contribution in [0.5, 0.6) is 0 Å². The molecule has 170 valence electrons. The van der Waals surface area contributed by atoms with E-state index in [4.69, 9.17) is 0 Å². The molecule has 3 saturated carbocycles. The second-order valence-electron chi connectivity index (χ2n) is 12.0. The fourth-order valence-corrected chi connectivity index (χ4v) is 8.58. The summed E-state index contributed by atoms with van der Waals surface area (Å²) in [6, 6.07) is 0. The average molecular weight is 417 g/mol. The standard InChI is InChI=1S/C27H44O3/c1-17(16-28)5-10-25(30)18(2)22-8-9-23-21-7-6-19-15-20(29)11-13-26(19,3)24(21)12-14-27(22,23)4/h6,16-18,20-25,29-30H,5,7-15H2,1-4H3/t17?,18-,20-,21-,22+,23-,24-,25?,26-,27+/m0/s1. The summed E-state index contributed by atoms with van der Waals surface area (Å²) in [4.78, 5) is 11.0. The van der Waals surface area contributed by atoms with E-state index in [1.54, 1.807) is 5.57 Å². The first-order valence-corrected chi connectivity index (χ1v) is 12.7. The number of hydrogen-bond acceptors (Lipinski definition) is 3. The molecule has 0 amide bonds. The van der Waals surface area contributed by atoms with Gasteiger partial charge in [0.1, 0.15) is 6.29 Å². The minimum atomic E-state index is -0.291. The molecule has 0 aromatic carbocycles. The third-order valence-electron chi connectivity index (χ3n) is 10.5. The Labute approximate surface area is 183 Å². The summed E-state index contributed by atoms with van der Waals surface area (Å²) in [5.74, 6) is 3.27. The lowest BCUT2D eigenvalue weighted by Crippen LogP contribution is -2.51. The zero-order chi connectivity index (χ0) is 21.7. The van der Waals surface area contributed by atoms with Gasteiger partial charge in [0.15, 0.2) is 0 Å². The van der Waals surface area contributed by atoms with E-state index >= 15 is 0 Å². The van der Waals surface area contributed by atoms with E-state index in [0.717, 1.165) is 56.1 Å². The number of carbonyl (C=O) groups is 1. The third kappa shape index (κ3) is 3.62. The number of rotatable bonds is 6. The topological polar surface area (TPSA) is 57.5 Å². The number of carbonyl (C=O) groups excluding carboxylic acids is 1. The zero-order valence-electron chi connectivity index (χ0n) is 19.6. The molecule has 0 bridgehead atoms. The number of allylic oxidation sites excluding steroid dienone is 1. The van der Waals surface area contributed by atoms with Gasteiger partial charge in [0.2, 0.25) is 0 Å². The van der Waals surface area contributed by atoms with Gasteiger partial charge >= 0.3 is 0 Å². The maximum Gasteiger partial charge on any atom is 0.122 e. The van der Waals surface area contributed by atoms with Crippen molar-refractivity contribution in [3.05, 3.63) is 11.6 Å². The number of aliphatic hydroxyl groups is 2. The molecule has 0 aromatic heterocycles. The Morgan fingerprint density at radius 2 is 1.87 bits per heavy atom. The van der Waals surface area contributed by atoms with E-state index in [1.807, 2.05) is 6.92 Å². The molecule has 4 aliphatic carbocycles. The summed E-state index contributed by atoms with van der Waals surface area (Å²) in [6.07, 6.45) is 14.0. The predicted molar refractivity (Wildman–Crippen MR) is 121 cm³/mol. The van der Waals surface area contributed by atoms with E-state index < -0.39 is 0 Å². The summed E-state index contributed by atoms with van der Waals surface area (Å²) >= 11 is 0. The Balaban J connectivity index is 1.49. The number of hydrogen-bond donors (Lipinski definition) is 2. The van der Waals surface area contributed by atoms with Crippen LogP contribution in [0.2, 0.25) is 0 Å². The van der Waals surface area contributed by atoms with E-state index in [-0.39, 0.29) is 18.1 Å². The highest BCUT2D eigenvalue weighted by molar-refractivity contribution is 5.52. The van der Waals surface area contributed by atoms with E-state index in [1.165, 1.54) is 32.1 Å². The molecule has 0 saturated heterocycles. The Morgan fingerprint density at radius 1 is 1.10 bits per heavy atom. The molecule has 0 aliphatic heterocycles. The van der Waals surface area contributed by atoms with Gasteiger partial charge in [0, 0.05) is 5.92 Å². The van der Waals surface area contributed by atoms with Crippen molar-refractivity contribution in [2.24, 2.45) is 46.3 Å². The van der Waals surface area contributed by atoms with Crippen LogP contribution in [0.1, 0.15) is 91.9 Å². The first-order valence-electron chi connectivity index (χ1n) is 12.7. The molecule has 3 nitrogen and oxygen atoms in total. The number of fused-ring (bicyclic) bond motifs is 5. The van der Waals surface area contributed by atoms with Crippen LogP contribution in [0.4, 0.5) is 0 Å². The lowest BCUT2D eigenvalue weighted by Gasteiger charge is -2.58. The number of aldehydes is 1. The van der Waals surface area contributed by atoms with Crippen molar-refractivity contribution in [2.75, 3.05) is 0 Å². The highest BCUT2D eigenvalue weighted by Gasteiger charge is 2.59. The van der Waals surface area contributed by atoms with Gasteiger partial charge in [-0.25, -0.2) is 0 Å². The van der Waals surface area contributed by atoms with Crippen molar-refractivity contribution in [2.45, 2.75) is 104 Å². The Morgan fingerprint density at radius 3 is 2.60 bits per heavy atom. The molecule has 4 aliphatic rings. The van der Waals surface area contributed by atoms with Gasteiger partial charge in [0.05, 0.1) is 12.2 Å². The van der Waals surface area contributed by atoms with Crippen LogP contribution in [-0.4, -0.2) is 28.7 Å². The van der Waals surface area contributed by atoms with Crippen LogP contribution in [0, 0.1) is 46.3 Å². The summed E-state index contributed by atoms with van der Waals surface area (Å²) < 4.78 is 0. The molecule has 0 spiro atoms. The Kier molecular flexibility index (Phi) is 6.27. The minimum absolute atomic E-state index is 0.0483. The Bertz CT molecular complexity index is 671. The van der Waals surface area contributed by atoms with E-state index in [0.29, 0.717) is 22.7 Å². The molecular formula is C27H44O3. The van der Waals surface area contributed by atoms with Crippen LogP contribution in [0.25, 0.3) is 0 Å². The van der Waals surface area contributed by atoms with Crippen molar-refractivity contribution >= 4 is 6.29 Å². The van der Waals surface area contributed by atoms with Crippen molar-refractivity contribution < 1.29 is 15.0 Å². The second kappa shape index (κ2) is 8.35. The summed E-state index contributed by atoms with van der Waals surface area (Å²) in [7, 11) is 0. The highest BCUT2D eigenvalue weighted by atomic mass is 16.3. The molecular weight excluding hydrogens is 372 g/mol. The van der Waals surface area contributed by atoms with Crippen molar-refractivity contribution in [3.63, 3.8) is 0 Å². The third-order valence-corrected chi connectivity index (χ3v) is 10.5. The quantitative estimate of drug-likeness (QED) is 0.441. The summed E-state index contributed by atoms with van der Waals surface area (Å²) in [5, 5.41) is 21.1. The van der Waals surface area contributed by atoms with Gasteiger partial charge in [-0.3, -0.25) is 0 Å². The predicted octanol–water partition coefficient (Wildman–Crippen LogP) is 5.54. The van der Waals surface area contributed by atoms with Crippen LogP contribution < -0.4 is 0 Å². The van der Waals surface area contributed by atoms with Crippen LogP contribution >= 0.6 is 0 Å². The van der Waals surface area contributed by atoms with Gasteiger partial charge in [-0.2, -0.15) is 0 Å². The molecule has 3 heteroatoms. The van der Waals surface area contributed by atoms with E-state index in [9.17, 15) is 15.0 Å². The van der Waals surface area contributed by atoms with Crippen LogP contribution in [-0.2, 0) is 4.79 Å². The average Bonchev–Trinajstić information content (AvgIpc) is 3.08. The van der Waals surface area contributed by atoms with Crippen LogP contribution in [0.3, 0.4) is 0 Å². The summed E-state index contributed by atoms with van der Waals surface area (Å²) in [5.41, 5.74) is 2.19. The fourth-order valence-electron chi connectivity index (χ4n) is 8.58. The van der Waals surface area contributed by atoms with E-state index in [2.05, 4.69) is 26.8 Å². The van der Waals surface area contributed by atoms with Crippen molar-refractivity contribution in [1.29, 1.82) is 0 Å². The molecule has 2 N–H and O–H groups in total. The van der Waals surface area contributed by atoms with Crippen molar-refractivity contribution in [1.82, 2.24) is 0 Å². The van der Waals surface area contributed by atoms with Gasteiger partial charge in [0.25, 0.3) is 0 Å². The fraction of sp³-hybridized carbons (Fsp3) is 0.889. The first-order chi connectivity index (χ1) is 14.2. The minimum Gasteiger partial charge on any atom is -0.393 e. The van der Waals surface area contributed by atoms with Gasteiger partial charge in [-0.1, -0.05) is 39.3 Å². The largest absolute Gasteiger partial charge is 0.393 e. The SMILES string of the molecule is CC(C=O)CCC(O)[C@@H](C)[C@H]1CC[C@H]2[C@@H]3CC=C4C[C@@H](O)CC[C@]4(C)[C@H]3CC[C@]12C. The van der Waals surface area contributed by atoms with Gasteiger partial charge in [-0.15, -0.1) is 0 Å². The maximum atomic E-state index is 11.0. The molecule has 4 rings (SSSR count). The molecule has 2 unspecified atom stereocenters. The summed E-state index contributed by atoms with van der Waals surface area (Å²) in [6.45, 7) is 9.25. The highest BCUT2D eigenvalue weighted by Crippen LogP contribution is 2.67. The smallest absolute Gasteiger partial charge is 0.122 e. The molecule has 10 atom stereocenters. The zero-order valence-corrected chi connectivity index (χ0v) is 19.6. The van der Waals surface area contributed by atoms with Gasteiger partial charge < -0.3 is 15.0 Å². The Hall–Kier alpha value is -0.670. The normalized spacial score (nSPS) is 46.1. The maximum absolute atomic E-state index is 11.0. The van der Waals surface area contributed by atoms with Crippen LogP contribution in [0.15, 0.2) is 11.6 Å². The molecule has 0 radical (unpaired) electrons. The molecule has 0 aromatic rings. The second-order valence-corrected chi connectivity index (χ2v) is 12.0. The van der Waals surface area contributed by atoms with Gasteiger partial charge in [-0.05, 0) is 105 Å². The van der Waals surface area contributed by atoms with Crippen molar-refractivity contribution in [3.8, 4) is 0 Å². The first kappa shape index (κ1) is 22.5. The molecule has 0 heterocycles. The number of aliphatic hydroxyl groups excluding tert-OH is 2. The lowest BCUT2D eigenvalue weighted by molar-refractivity contribution is -0.111. The molecule has 30 heavy (non-hydrogen) atoms. The lowest BCUT2D eigenvalue weighted by atomic mass is 9.47. The molecule has 3 fully saturated rings.